The van der Waals surface area contributed by atoms with Gasteiger partial charge in [-0.25, -0.2) is 0 Å². The van der Waals surface area contributed by atoms with Crippen LogP contribution in [0.3, 0.4) is 0 Å². The second kappa shape index (κ2) is 10.3. The van der Waals surface area contributed by atoms with Crippen LogP contribution in [0.15, 0.2) is 54.6 Å². The van der Waals surface area contributed by atoms with Gasteiger partial charge in [-0.15, -0.1) is 0 Å². The number of aliphatic hydroxyl groups is 1. The number of aryl methyl sites for hydroxylation is 1. The predicted molar refractivity (Wildman–Crippen MR) is 103 cm³/mol. The van der Waals surface area contributed by atoms with E-state index in [0.717, 1.165) is 18.5 Å². The Labute approximate surface area is 152 Å². The van der Waals surface area contributed by atoms with Gasteiger partial charge in [0.15, 0.2) is 0 Å². The van der Waals surface area contributed by atoms with E-state index in [9.17, 15) is 5.11 Å². The van der Waals surface area contributed by atoms with Crippen molar-refractivity contribution in [3.63, 3.8) is 0 Å². The van der Waals surface area contributed by atoms with E-state index in [2.05, 4.69) is 49.9 Å². The monoisotopic (exact) mass is 341 g/mol. The Balaban J connectivity index is 1.86. The minimum absolute atomic E-state index is 0.357. The highest BCUT2D eigenvalue weighted by Gasteiger charge is 2.18. The highest BCUT2D eigenvalue weighted by Crippen LogP contribution is 2.15. The lowest BCUT2D eigenvalue weighted by Gasteiger charge is -2.31. The normalized spacial score (nSPS) is 13.8. The lowest BCUT2D eigenvalue weighted by Crippen LogP contribution is -2.40. The van der Waals surface area contributed by atoms with Gasteiger partial charge in [-0.2, -0.15) is 0 Å². The van der Waals surface area contributed by atoms with E-state index in [-0.39, 0.29) is 0 Å². The van der Waals surface area contributed by atoms with Crippen LogP contribution in [-0.2, 0) is 17.9 Å². The summed E-state index contributed by atoms with van der Waals surface area (Å²) in [4.78, 5) is 2.35. The van der Waals surface area contributed by atoms with Crippen LogP contribution in [0.4, 0.5) is 0 Å². The fourth-order valence-electron chi connectivity index (χ4n) is 2.88. The molecule has 2 aromatic rings. The van der Waals surface area contributed by atoms with Gasteiger partial charge in [0.05, 0.1) is 19.3 Å². The maximum absolute atomic E-state index is 10.4. The molecule has 0 aliphatic heterocycles. The number of nitrogens with zero attached hydrogens (tertiary/aromatic N) is 1. The third-order valence-electron chi connectivity index (χ3n) is 4.72. The second-order valence-electron chi connectivity index (χ2n) is 6.77. The molecule has 1 N–H and O–H groups in total. The first-order valence-corrected chi connectivity index (χ1v) is 9.18. The van der Waals surface area contributed by atoms with Crippen LogP contribution < -0.4 is 0 Å². The van der Waals surface area contributed by atoms with E-state index in [1.807, 2.05) is 30.3 Å². The zero-order chi connectivity index (χ0) is 18.1. The minimum atomic E-state index is -0.485. The van der Waals surface area contributed by atoms with Gasteiger partial charge in [0, 0.05) is 19.1 Å². The lowest BCUT2D eigenvalue weighted by molar-refractivity contribution is 0.00141. The van der Waals surface area contributed by atoms with Gasteiger partial charge in [0.1, 0.15) is 0 Å². The van der Waals surface area contributed by atoms with E-state index in [1.165, 1.54) is 11.1 Å². The quantitative estimate of drug-likeness (QED) is 0.704. The molecular formula is C22H31NO2. The average Bonchev–Trinajstić information content (AvgIpc) is 2.63. The van der Waals surface area contributed by atoms with Crippen LogP contribution in [0.5, 0.6) is 0 Å². The summed E-state index contributed by atoms with van der Waals surface area (Å²) in [6.07, 6.45) is 0.574. The molecule has 0 amide bonds. The van der Waals surface area contributed by atoms with E-state index in [1.54, 1.807) is 0 Å². The highest BCUT2D eigenvalue weighted by molar-refractivity contribution is 5.25. The third kappa shape index (κ3) is 6.62. The molecule has 0 heterocycles. The Morgan fingerprint density at radius 1 is 1.04 bits per heavy atom. The molecule has 0 bridgehead atoms. The lowest BCUT2D eigenvalue weighted by atomic mass is 10.1. The van der Waals surface area contributed by atoms with Crippen LogP contribution in [0.1, 0.15) is 37.0 Å². The number of hydrogen-bond donors (Lipinski definition) is 1. The van der Waals surface area contributed by atoms with Gasteiger partial charge in [-0.05, 0) is 37.0 Å². The molecule has 25 heavy (non-hydrogen) atoms. The molecule has 0 aliphatic rings. The van der Waals surface area contributed by atoms with Crippen LogP contribution in [0.25, 0.3) is 0 Å². The minimum Gasteiger partial charge on any atom is -0.389 e. The Morgan fingerprint density at radius 3 is 2.40 bits per heavy atom. The van der Waals surface area contributed by atoms with Crippen molar-refractivity contribution in [2.24, 2.45) is 0 Å². The molecule has 2 aromatic carbocycles. The van der Waals surface area contributed by atoms with E-state index < -0.39 is 6.10 Å². The van der Waals surface area contributed by atoms with Gasteiger partial charge in [-0.3, -0.25) is 4.90 Å². The van der Waals surface area contributed by atoms with Crippen molar-refractivity contribution in [1.82, 2.24) is 4.90 Å². The summed E-state index contributed by atoms with van der Waals surface area (Å²) in [5.41, 5.74) is 3.75. The van der Waals surface area contributed by atoms with Gasteiger partial charge < -0.3 is 9.84 Å². The Morgan fingerprint density at radius 2 is 1.72 bits per heavy atom. The van der Waals surface area contributed by atoms with E-state index in [4.69, 9.17) is 4.74 Å². The first-order chi connectivity index (χ1) is 12.1. The van der Waals surface area contributed by atoms with Gasteiger partial charge in [0.25, 0.3) is 0 Å². The number of rotatable bonds is 10. The van der Waals surface area contributed by atoms with Crippen molar-refractivity contribution < 1.29 is 9.84 Å². The molecule has 0 saturated carbocycles. The van der Waals surface area contributed by atoms with E-state index >= 15 is 0 Å². The summed E-state index contributed by atoms with van der Waals surface area (Å²) in [7, 11) is 0. The number of benzene rings is 2. The summed E-state index contributed by atoms with van der Waals surface area (Å²) < 4.78 is 5.69. The Bertz CT molecular complexity index is 614. The average molecular weight is 341 g/mol. The number of hydrogen-bond acceptors (Lipinski definition) is 3. The molecule has 0 saturated heterocycles. The number of ether oxygens (including phenoxy) is 1. The molecule has 2 unspecified atom stereocenters. The summed E-state index contributed by atoms with van der Waals surface area (Å²) >= 11 is 0. The van der Waals surface area contributed by atoms with Crippen molar-refractivity contribution >= 4 is 0 Å². The van der Waals surface area contributed by atoms with Crippen molar-refractivity contribution in [2.75, 3.05) is 13.2 Å². The standard InChI is InChI=1S/C22H31NO2/c1-4-19(3)23(14-21-13-9-8-10-18(21)2)15-22(24)17-25-16-20-11-6-5-7-12-20/h5-13,19,22,24H,4,14-17H2,1-3H3. The summed E-state index contributed by atoms with van der Waals surface area (Å²) in [5, 5.41) is 10.4. The molecule has 0 aliphatic carbocycles. The smallest absolute Gasteiger partial charge is 0.0900 e. The molecule has 0 radical (unpaired) electrons. The van der Waals surface area contributed by atoms with Gasteiger partial charge in [0.2, 0.25) is 0 Å². The van der Waals surface area contributed by atoms with Gasteiger partial charge in [-0.1, -0.05) is 61.5 Å². The molecule has 0 fully saturated rings. The van der Waals surface area contributed by atoms with Crippen LogP contribution >= 0.6 is 0 Å². The zero-order valence-electron chi connectivity index (χ0n) is 15.7. The van der Waals surface area contributed by atoms with Gasteiger partial charge >= 0.3 is 0 Å². The molecule has 3 heteroatoms. The molecular weight excluding hydrogens is 310 g/mol. The maximum Gasteiger partial charge on any atom is 0.0900 e. The zero-order valence-corrected chi connectivity index (χ0v) is 15.7. The number of aliphatic hydroxyl groups excluding tert-OH is 1. The van der Waals surface area contributed by atoms with Crippen molar-refractivity contribution in [3.05, 3.63) is 71.3 Å². The molecule has 2 rings (SSSR count). The summed E-state index contributed by atoms with van der Waals surface area (Å²) in [6, 6.07) is 19.0. The van der Waals surface area contributed by atoms with Crippen molar-refractivity contribution in [1.29, 1.82) is 0 Å². The SMILES string of the molecule is CCC(C)N(Cc1ccccc1C)CC(O)COCc1ccccc1. The maximum atomic E-state index is 10.4. The summed E-state index contributed by atoms with van der Waals surface area (Å²) in [5.74, 6) is 0. The Kier molecular flexibility index (Phi) is 8.13. The third-order valence-corrected chi connectivity index (χ3v) is 4.72. The molecule has 136 valence electrons. The van der Waals surface area contributed by atoms with Crippen LogP contribution in [0, 0.1) is 6.92 Å². The van der Waals surface area contributed by atoms with Crippen molar-refractivity contribution in [3.8, 4) is 0 Å². The van der Waals surface area contributed by atoms with Crippen LogP contribution in [0.2, 0.25) is 0 Å². The first kappa shape index (κ1) is 19.6. The molecule has 0 spiro atoms. The fourth-order valence-corrected chi connectivity index (χ4v) is 2.88. The van der Waals surface area contributed by atoms with Crippen molar-refractivity contribution in [2.45, 2.75) is 52.5 Å². The largest absolute Gasteiger partial charge is 0.389 e. The van der Waals surface area contributed by atoms with Crippen LogP contribution in [-0.4, -0.2) is 35.3 Å². The first-order valence-electron chi connectivity index (χ1n) is 9.18. The van der Waals surface area contributed by atoms with E-state index in [0.29, 0.717) is 25.8 Å². The Hall–Kier alpha value is -1.68. The molecule has 2 atom stereocenters. The molecule has 3 nitrogen and oxygen atoms in total. The summed E-state index contributed by atoms with van der Waals surface area (Å²) in [6.45, 7) is 8.93. The topological polar surface area (TPSA) is 32.7 Å². The molecule has 0 aromatic heterocycles. The fraction of sp³-hybridized carbons (Fsp3) is 0.455. The second-order valence-corrected chi connectivity index (χ2v) is 6.77. The highest BCUT2D eigenvalue weighted by atomic mass is 16.5. The predicted octanol–water partition coefficient (Wildman–Crippen LogP) is 4.17.